The third-order valence-electron chi connectivity index (χ3n) is 2.66. The van der Waals surface area contributed by atoms with Crippen molar-refractivity contribution in [3.05, 3.63) is 0 Å². The van der Waals surface area contributed by atoms with E-state index in [9.17, 15) is 9.59 Å². The van der Waals surface area contributed by atoms with E-state index in [1.54, 1.807) is 0 Å². The Morgan fingerprint density at radius 3 is 1.91 bits per heavy atom. The van der Waals surface area contributed by atoms with Gasteiger partial charge in [-0.15, -0.1) is 0 Å². The fourth-order valence-electron chi connectivity index (χ4n) is 1.97. The Hall–Kier alpha value is -0.700. The maximum absolute atomic E-state index is 11.2. The molecule has 2 atom stereocenters. The highest BCUT2D eigenvalue weighted by molar-refractivity contribution is 5.97. The first-order chi connectivity index (χ1) is 5.29. The SMILES string of the molecule is O=C1CCC(=O)[C@H]2CNCC12. The predicted molar refractivity (Wildman–Crippen MR) is 39.1 cm³/mol. The highest BCUT2D eigenvalue weighted by atomic mass is 16.1. The van der Waals surface area contributed by atoms with Crippen LogP contribution in [0.2, 0.25) is 0 Å². The van der Waals surface area contributed by atoms with Crippen LogP contribution < -0.4 is 5.32 Å². The summed E-state index contributed by atoms with van der Waals surface area (Å²) in [4.78, 5) is 22.5. The van der Waals surface area contributed by atoms with E-state index in [0.29, 0.717) is 12.8 Å². The molecule has 0 bridgehead atoms. The van der Waals surface area contributed by atoms with Gasteiger partial charge < -0.3 is 5.32 Å². The van der Waals surface area contributed by atoms with Crippen LogP contribution in [0.4, 0.5) is 0 Å². The number of fused-ring (bicyclic) bond motifs is 1. The Balaban J connectivity index is 2.20. The Morgan fingerprint density at radius 1 is 1.00 bits per heavy atom. The standard InChI is InChI=1S/C8H11NO2/c10-7-1-2-8(11)6-4-9-3-5(6)7/h5-6,9H,1-4H2/t5-,6?/m0/s1. The summed E-state index contributed by atoms with van der Waals surface area (Å²) in [7, 11) is 0. The summed E-state index contributed by atoms with van der Waals surface area (Å²) in [5, 5.41) is 3.08. The lowest BCUT2D eigenvalue weighted by Crippen LogP contribution is -2.33. The van der Waals surface area contributed by atoms with E-state index in [0.717, 1.165) is 13.1 Å². The van der Waals surface area contributed by atoms with Crippen LogP contribution in [0.1, 0.15) is 12.8 Å². The van der Waals surface area contributed by atoms with Crippen molar-refractivity contribution in [3.63, 3.8) is 0 Å². The first-order valence-corrected chi connectivity index (χ1v) is 4.05. The van der Waals surface area contributed by atoms with Crippen LogP contribution in [-0.2, 0) is 9.59 Å². The van der Waals surface area contributed by atoms with E-state index >= 15 is 0 Å². The van der Waals surface area contributed by atoms with Gasteiger partial charge in [0.1, 0.15) is 11.6 Å². The van der Waals surface area contributed by atoms with Gasteiger partial charge in [0.05, 0.1) is 0 Å². The molecule has 1 heterocycles. The van der Waals surface area contributed by atoms with Crippen LogP contribution in [0.15, 0.2) is 0 Å². The van der Waals surface area contributed by atoms with Crippen molar-refractivity contribution >= 4 is 11.6 Å². The molecule has 60 valence electrons. The molecule has 0 aromatic rings. The molecule has 2 aliphatic rings. The molecule has 3 heteroatoms. The summed E-state index contributed by atoms with van der Waals surface area (Å²) < 4.78 is 0. The average Bonchev–Trinajstić information content (AvgIpc) is 2.45. The molecule has 1 unspecified atom stereocenters. The maximum Gasteiger partial charge on any atom is 0.138 e. The fourth-order valence-corrected chi connectivity index (χ4v) is 1.97. The number of Topliss-reactive ketones (excluding diaryl/α,β-unsaturated/α-hetero) is 2. The van der Waals surface area contributed by atoms with Gasteiger partial charge in [0.15, 0.2) is 0 Å². The Labute approximate surface area is 65.2 Å². The van der Waals surface area contributed by atoms with E-state index in [-0.39, 0.29) is 23.4 Å². The smallest absolute Gasteiger partial charge is 0.138 e. The summed E-state index contributed by atoms with van der Waals surface area (Å²) >= 11 is 0. The van der Waals surface area contributed by atoms with Crippen molar-refractivity contribution in [2.75, 3.05) is 13.1 Å². The lowest BCUT2D eigenvalue weighted by molar-refractivity contribution is -0.135. The van der Waals surface area contributed by atoms with Crippen LogP contribution in [0.3, 0.4) is 0 Å². The Morgan fingerprint density at radius 2 is 1.45 bits per heavy atom. The summed E-state index contributed by atoms with van der Waals surface area (Å²) in [6.45, 7) is 1.44. The van der Waals surface area contributed by atoms with Gasteiger partial charge in [-0.05, 0) is 0 Å². The summed E-state index contributed by atoms with van der Waals surface area (Å²) in [6.07, 6.45) is 0.948. The number of hydrogen-bond donors (Lipinski definition) is 1. The van der Waals surface area contributed by atoms with Gasteiger partial charge in [0.2, 0.25) is 0 Å². The minimum Gasteiger partial charge on any atom is -0.315 e. The third-order valence-corrected chi connectivity index (χ3v) is 2.66. The molecule has 2 fully saturated rings. The van der Waals surface area contributed by atoms with Crippen LogP contribution in [0, 0.1) is 11.8 Å². The zero-order chi connectivity index (χ0) is 7.84. The molecule has 3 nitrogen and oxygen atoms in total. The minimum atomic E-state index is 0.0104. The van der Waals surface area contributed by atoms with Gasteiger partial charge >= 0.3 is 0 Å². The molecule has 0 aromatic carbocycles. The van der Waals surface area contributed by atoms with Crippen molar-refractivity contribution in [1.82, 2.24) is 5.32 Å². The number of carbonyl (C=O) groups is 2. The molecule has 2 rings (SSSR count). The molecule has 1 N–H and O–H groups in total. The van der Waals surface area contributed by atoms with Gasteiger partial charge in [-0.25, -0.2) is 0 Å². The lowest BCUT2D eigenvalue weighted by atomic mass is 9.80. The zero-order valence-corrected chi connectivity index (χ0v) is 6.30. The second-order valence-corrected chi connectivity index (χ2v) is 3.30. The van der Waals surface area contributed by atoms with Crippen molar-refractivity contribution in [2.24, 2.45) is 11.8 Å². The number of rotatable bonds is 0. The molecule has 1 saturated carbocycles. The van der Waals surface area contributed by atoms with E-state index in [1.807, 2.05) is 0 Å². The topological polar surface area (TPSA) is 46.2 Å². The van der Waals surface area contributed by atoms with Gasteiger partial charge in [0, 0.05) is 37.8 Å². The van der Waals surface area contributed by atoms with Gasteiger partial charge in [-0.1, -0.05) is 0 Å². The highest BCUT2D eigenvalue weighted by Gasteiger charge is 2.40. The largest absolute Gasteiger partial charge is 0.315 e. The normalized spacial score (nSPS) is 37.5. The first kappa shape index (κ1) is 6.98. The van der Waals surface area contributed by atoms with Crippen LogP contribution in [0.25, 0.3) is 0 Å². The average molecular weight is 153 g/mol. The molecular weight excluding hydrogens is 142 g/mol. The summed E-state index contributed by atoms with van der Waals surface area (Å²) in [6, 6.07) is 0. The predicted octanol–water partition coefficient (Wildman–Crippen LogP) is -0.246. The van der Waals surface area contributed by atoms with Gasteiger partial charge in [-0.3, -0.25) is 9.59 Å². The quantitative estimate of drug-likeness (QED) is 0.522. The first-order valence-electron chi connectivity index (χ1n) is 4.05. The number of ketones is 2. The third kappa shape index (κ3) is 0.997. The van der Waals surface area contributed by atoms with E-state index in [4.69, 9.17) is 0 Å². The van der Waals surface area contributed by atoms with Crippen molar-refractivity contribution in [3.8, 4) is 0 Å². The molecular formula is C8H11NO2. The van der Waals surface area contributed by atoms with E-state index < -0.39 is 0 Å². The molecule has 0 aromatic heterocycles. The van der Waals surface area contributed by atoms with Crippen molar-refractivity contribution in [1.29, 1.82) is 0 Å². The molecule has 1 aliphatic heterocycles. The van der Waals surface area contributed by atoms with Crippen molar-refractivity contribution < 1.29 is 9.59 Å². The maximum atomic E-state index is 11.2. The Bertz CT molecular complexity index is 190. The van der Waals surface area contributed by atoms with Crippen LogP contribution >= 0.6 is 0 Å². The Kier molecular flexibility index (Phi) is 1.53. The summed E-state index contributed by atoms with van der Waals surface area (Å²) in [5.41, 5.74) is 0. The lowest BCUT2D eigenvalue weighted by Gasteiger charge is -2.20. The number of carbonyl (C=O) groups excluding carboxylic acids is 2. The molecule has 1 aliphatic carbocycles. The van der Waals surface area contributed by atoms with E-state index in [1.165, 1.54) is 0 Å². The van der Waals surface area contributed by atoms with Crippen molar-refractivity contribution in [2.45, 2.75) is 12.8 Å². The monoisotopic (exact) mass is 153 g/mol. The molecule has 0 spiro atoms. The van der Waals surface area contributed by atoms with Gasteiger partial charge in [0.25, 0.3) is 0 Å². The fraction of sp³-hybridized carbons (Fsp3) is 0.750. The highest BCUT2D eigenvalue weighted by Crippen LogP contribution is 2.26. The van der Waals surface area contributed by atoms with E-state index in [2.05, 4.69) is 5.32 Å². The van der Waals surface area contributed by atoms with Crippen LogP contribution in [0.5, 0.6) is 0 Å². The summed E-state index contributed by atoms with van der Waals surface area (Å²) in [5.74, 6) is 0.576. The zero-order valence-electron chi connectivity index (χ0n) is 6.30. The molecule has 0 amide bonds. The number of hydrogen-bond acceptors (Lipinski definition) is 3. The minimum absolute atomic E-state index is 0.0104. The molecule has 11 heavy (non-hydrogen) atoms. The molecule has 1 saturated heterocycles. The molecule has 0 radical (unpaired) electrons. The second kappa shape index (κ2) is 2.41. The second-order valence-electron chi connectivity index (χ2n) is 3.30. The number of nitrogens with one attached hydrogen (secondary N) is 1. The van der Waals surface area contributed by atoms with Gasteiger partial charge in [-0.2, -0.15) is 0 Å². The van der Waals surface area contributed by atoms with Crippen LogP contribution in [-0.4, -0.2) is 24.7 Å².